The second kappa shape index (κ2) is 17.9. The van der Waals surface area contributed by atoms with E-state index < -0.39 is 17.9 Å². The summed E-state index contributed by atoms with van der Waals surface area (Å²) in [5.74, 6) is -2.90. The third kappa shape index (κ3) is 23.9. The Balaban J connectivity index is -0.000000311. The number of carbonyl (C=O) groups excluding carboxylic acids is 2. The molecule has 0 bridgehead atoms. The summed E-state index contributed by atoms with van der Waals surface area (Å²) < 4.78 is 8.79. The molecule has 0 heterocycles. The van der Waals surface area contributed by atoms with Crippen LogP contribution in [-0.2, 0) is 28.7 Å². The minimum atomic E-state index is -1.04. The number of carboxylic acid groups (broad SMARTS) is 2. The highest BCUT2D eigenvalue weighted by molar-refractivity contribution is 5.86. The van der Waals surface area contributed by atoms with E-state index in [0.29, 0.717) is 6.61 Å². The van der Waals surface area contributed by atoms with Crippen molar-refractivity contribution in [2.45, 2.75) is 20.3 Å². The first kappa shape index (κ1) is 25.8. The Morgan fingerprint density at radius 1 is 1.04 bits per heavy atom. The molecule has 0 saturated heterocycles. The summed E-state index contributed by atoms with van der Waals surface area (Å²) in [6.07, 6.45) is 4.22. The molecule has 8 nitrogen and oxygen atoms in total. The number of ether oxygens (including phenoxy) is 2. The van der Waals surface area contributed by atoms with Gasteiger partial charge in [-0.05, 0) is 13.8 Å². The Hall–Kier alpha value is -3.16. The zero-order valence-corrected chi connectivity index (χ0v) is 13.7. The number of hydrogen-bond donors (Lipinski definition) is 2. The number of aliphatic carboxylic acids is 2. The van der Waals surface area contributed by atoms with Crippen molar-refractivity contribution in [3.05, 3.63) is 49.8 Å². The zero-order valence-electron chi connectivity index (χ0n) is 13.7. The van der Waals surface area contributed by atoms with Crippen molar-refractivity contribution in [3.8, 4) is 0 Å². The van der Waals surface area contributed by atoms with Crippen molar-refractivity contribution in [1.29, 1.82) is 0 Å². The van der Waals surface area contributed by atoms with Gasteiger partial charge in [-0.15, -0.1) is 0 Å². The van der Waals surface area contributed by atoms with Crippen LogP contribution in [0.5, 0.6) is 0 Å². The first-order valence-electron chi connectivity index (χ1n) is 6.51. The third-order valence-corrected chi connectivity index (χ3v) is 1.75. The van der Waals surface area contributed by atoms with E-state index >= 15 is 0 Å². The number of carboxylic acids is 2. The number of esters is 2. The normalized spacial score (nSPS) is 8.83. The highest BCUT2D eigenvalue weighted by atomic mass is 16.5. The second-order valence-corrected chi connectivity index (χ2v) is 3.55. The molecule has 0 aromatic carbocycles. The quantitative estimate of drug-likeness (QED) is 0.409. The summed E-state index contributed by atoms with van der Waals surface area (Å²) >= 11 is 0. The maximum absolute atomic E-state index is 10.6. The van der Waals surface area contributed by atoms with E-state index in [4.69, 9.17) is 10.2 Å². The molecule has 0 rings (SSSR count). The zero-order chi connectivity index (χ0) is 19.5. The molecule has 0 aromatic heterocycles. The molecule has 0 aliphatic rings. The van der Waals surface area contributed by atoms with Gasteiger partial charge in [0.2, 0.25) is 0 Å². The second-order valence-electron chi connectivity index (χ2n) is 3.55. The van der Waals surface area contributed by atoms with Crippen molar-refractivity contribution in [2.24, 2.45) is 0 Å². The van der Waals surface area contributed by atoms with Gasteiger partial charge in [-0.2, -0.15) is 0 Å². The molecule has 0 spiro atoms. The lowest BCUT2D eigenvalue weighted by Crippen LogP contribution is -2.00. The van der Waals surface area contributed by atoms with Crippen LogP contribution in [0, 0.1) is 0 Å². The molecule has 0 amide bonds. The highest BCUT2D eigenvalue weighted by Gasteiger charge is 2.02. The van der Waals surface area contributed by atoms with Crippen molar-refractivity contribution in [1.82, 2.24) is 0 Å². The topological polar surface area (TPSA) is 127 Å². The molecule has 2 N–H and O–H groups in total. The van der Waals surface area contributed by atoms with E-state index in [1.807, 2.05) is 0 Å². The van der Waals surface area contributed by atoms with Crippen molar-refractivity contribution in [2.75, 3.05) is 6.61 Å². The summed E-state index contributed by atoms with van der Waals surface area (Å²) in [5.41, 5.74) is 0.121. The molecule has 24 heavy (non-hydrogen) atoms. The Bertz CT molecular complexity index is 488. The molecular formula is C16H22O8. The van der Waals surface area contributed by atoms with Gasteiger partial charge >= 0.3 is 23.9 Å². The van der Waals surface area contributed by atoms with Crippen LogP contribution in [0.4, 0.5) is 0 Å². The monoisotopic (exact) mass is 342 g/mol. The Morgan fingerprint density at radius 3 is 1.79 bits per heavy atom. The fourth-order valence-corrected chi connectivity index (χ4v) is 0.666. The van der Waals surface area contributed by atoms with Crippen LogP contribution in [0.15, 0.2) is 49.8 Å². The van der Waals surface area contributed by atoms with Crippen LogP contribution in [0.25, 0.3) is 0 Å². The molecular weight excluding hydrogens is 320 g/mol. The SMILES string of the molecule is C=CC(=O)O.C=CC(=O)OCC.C=COC(=O)CC=C(C)C(=O)O. The Kier molecular flexibility index (Phi) is 19.2. The lowest BCUT2D eigenvalue weighted by molar-refractivity contribution is -0.138. The fraction of sp³-hybridized carbons (Fsp3) is 0.250. The number of rotatable bonds is 7. The molecule has 0 radical (unpaired) electrons. The summed E-state index contributed by atoms with van der Waals surface area (Å²) in [6.45, 7) is 12.9. The molecule has 0 fully saturated rings. The van der Waals surface area contributed by atoms with E-state index in [1.54, 1.807) is 6.92 Å². The van der Waals surface area contributed by atoms with Crippen LogP contribution in [0.1, 0.15) is 20.3 Å². The molecule has 0 aliphatic carbocycles. The van der Waals surface area contributed by atoms with Gasteiger partial charge in [0.15, 0.2) is 0 Å². The summed E-state index contributed by atoms with van der Waals surface area (Å²) in [5, 5.41) is 16.0. The van der Waals surface area contributed by atoms with Crippen molar-refractivity contribution in [3.63, 3.8) is 0 Å². The van der Waals surface area contributed by atoms with Crippen LogP contribution < -0.4 is 0 Å². The van der Waals surface area contributed by atoms with Gasteiger partial charge in [-0.25, -0.2) is 14.4 Å². The summed E-state index contributed by atoms with van der Waals surface area (Å²) in [7, 11) is 0. The Morgan fingerprint density at radius 2 is 1.54 bits per heavy atom. The first-order valence-corrected chi connectivity index (χ1v) is 6.51. The van der Waals surface area contributed by atoms with Crippen LogP contribution in [0.2, 0.25) is 0 Å². The summed E-state index contributed by atoms with van der Waals surface area (Å²) in [6, 6.07) is 0. The smallest absolute Gasteiger partial charge is 0.330 e. The van der Waals surface area contributed by atoms with E-state index in [-0.39, 0.29) is 18.0 Å². The summed E-state index contributed by atoms with van der Waals surface area (Å²) in [4.78, 5) is 40.2. The minimum Gasteiger partial charge on any atom is -0.478 e. The van der Waals surface area contributed by atoms with Crippen molar-refractivity contribution >= 4 is 23.9 Å². The van der Waals surface area contributed by atoms with Crippen molar-refractivity contribution < 1.29 is 38.9 Å². The van der Waals surface area contributed by atoms with Gasteiger partial charge in [0.25, 0.3) is 0 Å². The maximum Gasteiger partial charge on any atom is 0.330 e. The first-order chi connectivity index (χ1) is 11.2. The minimum absolute atomic E-state index is 0.0514. The van der Waals surface area contributed by atoms with E-state index in [0.717, 1.165) is 18.4 Å². The van der Waals surface area contributed by atoms with E-state index in [1.165, 1.54) is 13.0 Å². The highest BCUT2D eigenvalue weighted by Crippen LogP contribution is 1.96. The number of hydrogen-bond acceptors (Lipinski definition) is 6. The van der Waals surface area contributed by atoms with Gasteiger partial charge in [-0.3, -0.25) is 4.79 Å². The third-order valence-electron chi connectivity index (χ3n) is 1.75. The molecule has 0 unspecified atom stereocenters. The predicted octanol–water partition coefficient (Wildman–Crippen LogP) is 2.09. The fourth-order valence-electron chi connectivity index (χ4n) is 0.666. The van der Waals surface area contributed by atoms with Gasteiger partial charge in [0, 0.05) is 17.7 Å². The van der Waals surface area contributed by atoms with E-state index in [9.17, 15) is 19.2 Å². The standard InChI is InChI=1S/C8H10O4.C5H8O2.C3H4O2/c1-3-12-7(9)5-4-6(2)8(10)11;1-3-5(6)7-4-2;1-2-3(4)5/h3-4H,1,5H2,2H3,(H,10,11);3H,1,4H2,2H3;2H,1H2,(H,4,5). The molecule has 0 saturated carbocycles. The number of carbonyl (C=O) groups is 4. The molecule has 0 aromatic rings. The lowest BCUT2D eigenvalue weighted by Gasteiger charge is -1.94. The molecule has 134 valence electrons. The molecule has 0 aliphatic heterocycles. The largest absolute Gasteiger partial charge is 0.478 e. The molecule has 0 atom stereocenters. The lowest BCUT2D eigenvalue weighted by atomic mass is 10.2. The molecule has 8 heteroatoms. The van der Waals surface area contributed by atoms with Gasteiger partial charge in [0.1, 0.15) is 0 Å². The van der Waals surface area contributed by atoms with Gasteiger partial charge in [0.05, 0.1) is 19.3 Å². The van der Waals surface area contributed by atoms with Gasteiger partial charge < -0.3 is 19.7 Å². The predicted molar refractivity (Wildman–Crippen MR) is 87.0 cm³/mol. The van der Waals surface area contributed by atoms with E-state index in [2.05, 4.69) is 29.2 Å². The maximum atomic E-state index is 10.6. The van der Waals surface area contributed by atoms with Gasteiger partial charge in [-0.1, -0.05) is 25.8 Å². The Labute approximate surface area is 140 Å². The van der Waals surface area contributed by atoms with Crippen LogP contribution >= 0.6 is 0 Å². The average Bonchev–Trinajstić information content (AvgIpc) is 2.54. The van der Waals surface area contributed by atoms with Crippen LogP contribution in [0.3, 0.4) is 0 Å². The average molecular weight is 342 g/mol. The van der Waals surface area contributed by atoms with Crippen LogP contribution in [-0.4, -0.2) is 40.7 Å².